The predicted molar refractivity (Wildman–Crippen MR) is 92.9 cm³/mol. The number of benzene rings is 1. The van der Waals surface area contributed by atoms with E-state index in [1.54, 1.807) is 12.3 Å². The van der Waals surface area contributed by atoms with Gasteiger partial charge in [-0.1, -0.05) is 30.4 Å². The van der Waals surface area contributed by atoms with Crippen LogP contribution in [0.2, 0.25) is 0 Å². The Bertz CT molecular complexity index is 835. The number of nitrogens with zero attached hydrogens (tertiary/aromatic N) is 2. The lowest BCUT2D eigenvalue weighted by atomic mass is 10.2. The van der Waals surface area contributed by atoms with Gasteiger partial charge in [0, 0.05) is 16.1 Å². The number of hydrogen-bond donors (Lipinski definition) is 2. The fraction of sp³-hybridized carbons (Fsp3) is 0. The largest absolute Gasteiger partial charge is 0.388 e. The highest BCUT2D eigenvalue weighted by Crippen LogP contribution is 2.26. The van der Waals surface area contributed by atoms with E-state index in [1.165, 1.54) is 0 Å². The number of anilines is 2. The fourth-order valence-corrected chi connectivity index (χ4v) is 2.48. The summed E-state index contributed by atoms with van der Waals surface area (Å²) in [6.07, 6.45) is 1.77. The zero-order valence-corrected chi connectivity index (χ0v) is 13.3. The van der Waals surface area contributed by atoms with Gasteiger partial charge in [-0.2, -0.15) is 0 Å². The van der Waals surface area contributed by atoms with E-state index in [2.05, 4.69) is 31.2 Å². The Morgan fingerprint density at radius 1 is 1.19 bits per heavy atom. The van der Waals surface area contributed by atoms with Crippen molar-refractivity contribution in [2.75, 3.05) is 5.32 Å². The number of para-hydroxylation sites is 1. The van der Waals surface area contributed by atoms with Crippen LogP contribution in [0.15, 0.2) is 53.1 Å². The molecular formula is C15H11BrN4S. The van der Waals surface area contributed by atoms with Crippen LogP contribution in [0.4, 0.5) is 11.5 Å². The minimum atomic E-state index is 0.277. The van der Waals surface area contributed by atoms with Crippen LogP contribution < -0.4 is 11.1 Å². The molecule has 3 N–H and O–H groups in total. The number of hydrogen-bond acceptors (Lipinski definition) is 4. The van der Waals surface area contributed by atoms with E-state index in [0.717, 1.165) is 21.1 Å². The highest BCUT2D eigenvalue weighted by molar-refractivity contribution is 9.10. The molecule has 6 heteroatoms. The third kappa shape index (κ3) is 3.01. The van der Waals surface area contributed by atoms with Gasteiger partial charge in [0.25, 0.3) is 0 Å². The van der Waals surface area contributed by atoms with Crippen LogP contribution in [0, 0.1) is 0 Å². The fourth-order valence-electron chi connectivity index (χ4n) is 2.01. The summed E-state index contributed by atoms with van der Waals surface area (Å²) in [7, 11) is 0. The van der Waals surface area contributed by atoms with E-state index in [-0.39, 0.29) is 4.99 Å². The molecule has 0 amide bonds. The van der Waals surface area contributed by atoms with E-state index in [4.69, 9.17) is 18.0 Å². The first kappa shape index (κ1) is 13.9. The van der Waals surface area contributed by atoms with E-state index < -0.39 is 0 Å². The second-order valence-electron chi connectivity index (χ2n) is 4.43. The summed E-state index contributed by atoms with van der Waals surface area (Å²) in [5, 5.41) is 4.30. The molecule has 0 radical (unpaired) electrons. The van der Waals surface area contributed by atoms with Crippen molar-refractivity contribution in [1.29, 1.82) is 0 Å². The van der Waals surface area contributed by atoms with E-state index in [9.17, 15) is 0 Å². The molecule has 104 valence electrons. The summed E-state index contributed by atoms with van der Waals surface area (Å²) in [5.41, 5.74) is 7.96. The molecule has 21 heavy (non-hydrogen) atoms. The van der Waals surface area contributed by atoms with Crippen molar-refractivity contribution in [3.63, 3.8) is 0 Å². The summed E-state index contributed by atoms with van der Waals surface area (Å²) in [5.74, 6) is 0.678. The van der Waals surface area contributed by atoms with Crippen LogP contribution in [0.1, 0.15) is 5.69 Å². The van der Waals surface area contributed by atoms with Gasteiger partial charge >= 0.3 is 0 Å². The normalized spacial score (nSPS) is 10.5. The molecule has 0 aliphatic heterocycles. The first-order valence-corrected chi connectivity index (χ1v) is 7.42. The number of rotatable bonds is 3. The molecule has 0 saturated heterocycles. The molecule has 1 aromatic carbocycles. The molecular weight excluding hydrogens is 348 g/mol. The second kappa shape index (κ2) is 5.75. The third-order valence-corrected chi connectivity index (χ3v) is 3.58. The standard InChI is InChI=1S/C15H11BrN4S/c16-10-7-9-3-1-4-11(14(9)18-8-10)19-13-6-2-5-12(20-13)15(17)21/h1-8H,(H2,17,21)(H,19,20). The number of nitrogens with two attached hydrogens (primary N) is 1. The van der Waals surface area contributed by atoms with Crippen molar-refractivity contribution in [3.8, 4) is 0 Å². The Labute approximate surface area is 135 Å². The zero-order valence-electron chi connectivity index (χ0n) is 10.9. The van der Waals surface area contributed by atoms with Gasteiger partial charge in [0.05, 0.1) is 16.9 Å². The molecule has 0 unspecified atom stereocenters. The first-order valence-electron chi connectivity index (χ1n) is 6.21. The van der Waals surface area contributed by atoms with Gasteiger partial charge in [0.2, 0.25) is 0 Å². The maximum atomic E-state index is 5.61. The lowest BCUT2D eigenvalue weighted by molar-refractivity contribution is 1.28. The topological polar surface area (TPSA) is 63.8 Å². The Morgan fingerprint density at radius 3 is 2.81 bits per heavy atom. The molecule has 0 spiro atoms. The quantitative estimate of drug-likeness (QED) is 0.697. The Morgan fingerprint density at radius 2 is 2.00 bits per heavy atom. The SMILES string of the molecule is NC(=S)c1cccc(Nc2cccc3cc(Br)cnc23)n1. The summed E-state index contributed by atoms with van der Waals surface area (Å²) >= 11 is 8.37. The highest BCUT2D eigenvalue weighted by atomic mass is 79.9. The lowest BCUT2D eigenvalue weighted by Crippen LogP contribution is -2.12. The molecule has 4 nitrogen and oxygen atoms in total. The number of nitrogens with one attached hydrogen (secondary N) is 1. The van der Waals surface area contributed by atoms with E-state index >= 15 is 0 Å². The average Bonchev–Trinajstić information content (AvgIpc) is 2.47. The van der Waals surface area contributed by atoms with Crippen molar-refractivity contribution >= 4 is 55.5 Å². The maximum Gasteiger partial charge on any atom is 0.131 e. The Kier molecular flexibility index (Phi) is 3.81. The highest BCUT2D eigenvalue weighted by Gasteiger charge is 2.05. The molecule has 2 heterocycles. The van der Waals surface area contributed by atoms with Gasteiger partial charge in [0.15, 0.2) is 0 Å². The maximum absolute atomic E-state index is 5.61. The predicted octanol–water partition coefficient (Wildman–Crippen LogP) is 3.77. The summed E-state index contributed by atoms with van der Waals surface area (Å²) in [6.45, 7) is 0. The smallest absolute Gasteiger partial charge is 0.131 e. The molecule has 0 atom stereocenters. The summed E-state index contributed by atoms with van der Waals surface area (Å²) < 4.78 is 0.945. The number of pyridine rings is 2. The van der Waals surface area contributed by atoms with E-state index in [0.29, 0.717) is 11.5 Å². The molecule has 2 aromatic heterocycles. The van der Waals surface area contributed by atoms with Crippen molar-refractivity contribution in [2.45, 2.75) is 0 Å². The van der Waals surface area contributed by atoms with Crippen molar-refractivity contribution in [3.05, 3.63) is 58.8 Å². The summed E-state index contributed by atoms with van der Waals surface area (Å²) in [4.78, 5) is 9.10. The monoisotopic (exact) mass is 358 g/mol. The minimum absolute atomic E-state index is 0.277. The third-order valence-electron chi connectivity index (χ3n) is 2.94. The zero-order chi connectivity index (χ0) is 14.8. The van der Waals surface area contributed by atoms with Gasteiger partial charge in [-0.15, -0.1) is 0 Å². The molecule has 0 aliphatic carbocycles. The first-order chi connectivity index (χ1) is 10.1. The van der Waals surface area contributed by atoms with E-state index in [1.807, 2.05) is 36.4 Å². The van der Waals surface area contributed by atoms with Crippen LogP contribution in [-0.4, -0.2) is 15.0 Å². The number of halogens is 1. The van der Waals surface area contributed by atoms with Gasteiger partial charge in [-0.3, -0.25) is 4.98 Å². The average molecular weight is 359 g/mol. The lowest BCUT2D eigenvalue weighted by Gasteiger charge is -2.09. The van der Waals surface area contributed by atoms with Crippen LogP contribution in [-0.2, 0) is 0 Å². The van der Waals surface area contributed by atoms with Crippen LogP contribution >= 0.6 is 28.1 Å². The molecule has 0 bridgehead atoms. The molecule has 0 fully saturated rings. The van der Waals surface area contributed by atoms with Gasteiger partial charge in [-0.05, 0) is 40.2 Å². The minimum Gasteiger partial charge on any atom is -0.388 e. The van der Waals surface area contributed by atoms with Crippen molar-refractivity contribution in [2.24, 2.45) is 5.73 Å². The number of thiocarbonyl (C=S) groups is 1. The van der Waals surface area contributed by atoms with Crippen LogP contribution in [0.25, 0.3) is 10.9 Å². The Hall–Kier alpha value is -2.05. The molecule has 0 saturated carbocycles. The number of aromatic nitrogens is 2. The van der Waals surface area contributed by atoms with Crippen LogP contribution in [0.5, 0.6) is 0 Å². The molecule has 3 rings (SSSR count). The second-order valence-corrected chi connectivity index (χ2v) is 5.78. The number of fused-ring (bicyclic) bond motifs is 1. The molecule has 0 aliphatic rings. The van der Waals surface area contributed by atoms with Crippen molar-refractivity contribution in [1.82, 2.24) is 9.97 Å². The van der Waals surface area contributed by atoms with Gasteiger partial charge < -0.3 is 11.1 Å². The summed E-state index contributed by atoms with van der Waals surface area (Å²) in [6, 6.07) is 13.5. The van der Waals surface area contributed by atoms with Crippen molar-refractivity contribution < 1.29 is 0 Å². The Balaban J connectivity index is 2.02. The van der Waals surface area contributed by atoms with Crippen LogP contribution in [0.3, 0.4) is 0 Å². The molecule has 3 aromatic rings. The van der Waals surface area contributed by atoms with Gasteiger partial charge in [0.1, 0.15) is 10.8 Å². The van der Waals surface area contributed by atoms with Gasteiger partial charge in [-0.25, -0.2) is 4.98 Å².